The molecular formula is C20H24N4O3S2. The summed E-state index contributed by atoms with van der Waals surface area (Å²) in [6, 6.07) is 7.42. The van der Waals surface area contributed by atoms with Crippen LogP contribution in [0.3, 0.4) is 0 Å². The molecule has 0 spiro atoms. The van der Waals surface area contributed by atoms with Crippen molar-refractivity contribution in [3.8, 4) is 22.9 Å². The minimum Gasteiger partial charge on any atom is -0.497 e. The summed E-state index contributed by atoms with van der Waals surface area (Å²) in [6.07, 6.45) is 1.00. The first kappa shape index (κ1) is 21.2. The van der Waals surface area contributed by atoms with Gasteiger partial charge in [-0.05, 0) is 31.5 Å². The van der Waals surface area contributed by atoms with Gasteiger partial charge in [0.15, 0.2) is 11.0 Å². The zero-order valence-electron chi connectivity index (χ0n) is 16.9. The van der Waals surface area contributed by atoms with Crippen LogP contribution in [0.4, 0.5) is 5.69 Å². The molecule has 154 valence electrons. The zero-order chi connectivity index (χ0) is 20.8. The van der Waals surface area contributed by atoms with Gasteiger partial charge in [-0.15, -0.1) is 21.5 Å². The van der Waals surface area contributed by atoms with E-state index < -0.39 is 0 Å². The van der Waals surface area contributed by atoms with Crippen molar-refractivity contribution >= 4 is 34.7 Å². The number of thioether (sulfide) groups is 1. The highest BCUT2D eigenvalue weighted by Gasteiger charge is 2.16. The molecular weight excluding hydrogens is 408 g/mol. The zero-order valence-corrected chi connectivity index (χ0v) is 18.5. The van der Waals surface area contributed by atoms with Crippen LogP contribution in [-0.4, -0.2) is 40.6 Å². The van der Waals surface area contributed by atoms with Gasteiger partial charge in [0.2, 0.25) is 5.91 Å². The van der Waals surface area contributed by atoms with Crippen molar-refractivity contribution in [2.45, 2.75) is 32.0 Å². The maximum atomic E-state index is 12.5. The van der Waals surface area contributed by atoms with E-state index in [4.69, 9.17) is 9.47 Å². The molecule has 1 amide bonds. The van der Waals surface area contributed by atoms with Gasteiger partial charge in [-0.2, -0.15) is 0 Å². The first-order valence-corrected chi connectivity index (χ1v) is 11.1. The molecule has 7 nitrogen and oxygen atoms in total. The number of ether oxygens (including phenoxy) is 2. The molecule has 29 heavy (non-hydrogen) atoms. The smallest absolute Gasteiger partial charge is 0.234 e. The molecule has 0 atom stereocenters. The second-order valence-electron chi connectivity index (χ2n) is 6.11. The molecule has 0 fully saturated rings. The summed E-state index contributed by atoms with van der Waals surface area (Å²) in [4.78, 5) is 13.8. The van der Waals surface area contributed by atoms with Gasteiger partial charge in [0, 0.05) is 28.4 Å². The number of benzene rings is 1. The lowest BCUT2D eigenvalue weighted by molar-refractivity contribution is -0.113. The Labute approximate surface area is 178 Å². The molecule has 3 aromatic rings. The molecule has 0 unspecified atom stereocenters. The molecule has 0 radical (unpaired) electrons. The van der Waals surface area contributed by atoms with Crippen molar-refractivity contribution < 1.29 is 14.3 Å². The van der Waals surface area contributed by atoms with Crippen LogP contribution in [0.5, 0.6) is 11.5 Å². The predicted octanol–water partition coefficient (Wildman–Crippen LogP) is 4.34. The van der Waals surface area contributed by atoms with Crippen LogP contribution in [0.2, 0.25) is 0 Å². The van der Waals surface area contributed by atoms with E-state index in [0.29, 0.717) is 17.2 Å². The number of amides is 1. The lowest BCUT2D eigenvalue weighted by atomic mass is 10.2. The van der Waals surface area contributed by atoms with Gasteiger partial charge in [-0.3, -0.25) is 4.79 Å². The van der Waals surface area contributed by atoms with Crippen LogP contribution in [0.25, 0.3) is 11.4 Å². The van der Waals surface area contributed by atoms with Crippen molar-refractivity contribution in [2.75, 3.05) is 25.3 Å². The summed E-state index contributed by atoms with van der Waals surface area (Å²) in [5.41, 5.74) is 1.64. The third-order valence-corrected chi connectivity index (χ3v) is 6.35. The predicted molar refractivity (Wildman–Crippen MR) is 117 cm³/mol. The lowest BCUT2D eigenvalue weighted by Crippen LogP contribution is -2.15. The van der Waals surface area contributed by atoms with Gasteiger partial charge in [-0.25, -0.2) is 0 Å². The lowest BCUT2D eigenvalue weighted by Gasteiger charge is -2.11. The summed E-state index contributed by atoms with van der Waals surface area (Å²) in [6.45, 7) is 4.91. The summed E-state index contributed by atoms with van der Waals surface area (Å²) < 4.78 is 12.6. The number of anilines is 1. The highest BCUT2D eigenvalue weighted by Crippen LogP contribution is 2.30. The van der Waals surface area contributed by atoms with Crippen molar-refractivity contribution in [3.05, 3.63) is 34.5 Å². The molecule has 0 aliphatic heterocycles. The quantitative estimate of drug-likeness (QED) is 0.507. The van der Waals surface area contributed by atoms with Crippen LogP contribution >= 0.6 is 23.1 Å². The van der Waals surface area contributed by atoms with Crippen LogP contribution in [0.15, 0.2) is 34.8 Å². The van der Waals surface area contributed by atoms with E-state index >= 15 is 0 Å². The highest BCUT2D eigenvalue weighted by molar-refractivity contribution is 7.99. The molecule has 2 aromatic heterocycles. The van der Waals surface area contributed by atoms with E-state index in [0.717, 1.165) is 29.5 Å². The molecule has 0 saturated carbocycles. The van der Waals surface area contributed by atoms with E-state index in [-0.39, 0.29) is 11.7 Å². The number of nitrogens with zero attached hydrogens (tertiary/aromatic N) is 3. The number of hydrogen-bond acceptors (Lipinski definition) is 7. The number of carbonyl (C=O) groups is 1. The maximum Gasteiger partial charge on any atom is 0.234 e. The normalized spacial score (nSPS) is 10.8. The Balaban J connectivity index is 1.69. The topological polar surface area (TPSA) is 78.3 Å². The SMILES string of the molecule is CCc1cc(-c2nnc(SCC(=O)Nc3cc(OC)ccc3OC)n2CC)cs1. The van der Waals surface area contributed by atoms with Crippen LogP contribution in [0, 0.1) is 0 Å². The number of rotatable bonds is 9. The molecule has 0 saturated heterocycles. The van der Waals surface area contributed by atoms with Gasteiger partial charge in [0.05, 0.1) is 25.7 Å². The summed E-state index contributed by atoms with van der Waals surface area (Å²) in [5, 5.41) is 14.3. The Morgan fingerprint density at radius 1 is 1.21 bits per heavy atom. The fraction of sp³-hybridized carbons (Fsp3) is 0.350. The fourth-order valence-corrected chi connectivity index (χ4v) is 4.42. The Hall–Kier alpha value is -2.52. The van der Waals surface area contributed by atoms with E-state index in [1.165, 1.54) is 16.6 Å². The molecule has 2 heterocycles. The Bertz CT molecular complexity index is 984. The van der Waals surface area contributed by atoms with E-state index in [1.54, 1.807) is 43.8 Å². The van der Waals surface area contributed by atoms with Crippen LogP contribution < -0.4 is 14.8 Å². The number of thiophene rings is 1. The average Bonchev–Trinajstić information content (AvgIpc) is 3.38. The first-order valence-electron chi connectivity index (χ1n) is 9.25. The molecule has 0 aliphatic rings. The van der Waals surface area contributed by atoms with Crippen molar-refractivity contribution in [1.82, 2.24) is 14.8 Å². The Kier molecular flexibility index (Phi) is 7.16. The van der Waals surface area contributed by atoms with Gasteiger partial charge in [0.25, 0.3) is 0 Å². The number of carbonyl (C=O) groups excluding carboxylic acids is 1. The molecule has 3 rings (SSSR count). The van der Waals surface area contributed by atoms with E-state index in [2.05, 4.69) is 33.9 Å². The Morgan fingerprint density at radius 3 is 2.69 bits per heavy atom. The fourth-order valence-electron chi connectivity index (χ4n) is 2.81. The third kappa shape index (κ3) is 4.91. The number of aryl methyl sites for hydroxylation is 1. The second kappa shape index (κ2) is 9.80. The van der Waals surface area contributed by atoms with Crippen LogP contribution in [-0.2, 0) is 17.8 Å². The second-order valence-corrected chi connectivity index (χ2v) is 8.05. The monoisotopic (exact) mass is 432 g/mol. The van der Waals surface area contributed by atoms with Crippen LogP contribution in [0.1, 0.15) is 18.7 Å². The largest absolute Gasteiger partial charge is 0.497 e. The van der Waals surface area contributed by atoms with Gasteiger partial charge >= 0.3 is 0 Å². The minimum atomic E-state index is -0.155. The molecule has 9 heteroatoms. The number of nitrogens with one attached hydrogen (secondary N) is 1. The van der Waals surface area contributed by atoms with Gasteiger partial charge in [0.1, 0.15) is 11.5 Å². The summed E-state index contributed by atoms with van der Waals surface area (Å²) in [5.74, 6) is 2.11. The van der Waals surface area contributed by atoms with E-state index in [1.807, 2.05) is 11.5 Å². The van der Waals surface area contributed by atoms with Crippen molar-refractivity contribution in [1.29, 1.82) is 0 Å². The standard InChI is InChI=1S/C20H24N4O3S2/c1-5-15-9-13(11-28-15)19-22-23-20(24(19)6-2)29-12-18(25)21-16-10-14(26-3)7-8-17(16)27-4/h7-11H,5-6,12H2,1-4H3,(H,21,25). The minimum absolute atomic E-state index is 0.155. The Morgan fingerprint density at radius 2 is 2.03 bits per heavy atom. The van der Waals surface area contributed by atoms with Crippen molar-refractivity contribution in [2.24, 2.45) is 0 Å². The van der Waals surface area contributed by atoms with E-state index in [9.17, 15) is 4.79 Å². The molecule has 0 aliphatic carbocycles. The number of aromatic nitrogens is 3. The molecule has 1 aromatic carbocycles. The van der Waals surface area contributed by atoms with Gasteiger partial charge in [-0.1, -0.05) is 18.7 Å². The summed E-state index contributed by atoms with van der Waals surface area (Å²) in [7, 11) is 3.14. The average molecular weight is 433 g/mol. The van der Waals surface area contributed by atoms with Crippen molar-refractivity contribution in [3.63, 3.8) is 0 Å². The number of hydrogen-bond donors (Lipinski definition) is 1. The third-order valence-electron chi connectivity index (χ3n) is 4.31. The maximum absolute atomic E-state index is 12.5. The summed E-state index contributed by atoms with van der Waals surface area (Å²) >= 11 is 3.08. The number of methoxy groups -OCH3 is 2. The molecule has 1 N–H and O–H groups in total. The first-order chi connectivity index (χ1) is 14.1. The highest BCUT2D eigenvalue weighted by atomic mass is 32.2. The molecule has 0 bridgehead atoms. The van der Waals surface area contributed by atoms with Gasteiger partial charge < -0.3 is 19.4 Å².